The van der Waals surface area contributed by atoms with Gasteiger partial charge in [0.1, 0.15) is 0 Å². The maximum Gasteiger partial charge on any atom is 0.308 e. The molecule has 0 aliphatic heterocycles. The third-order valence-electron chi connectivity index (χ3n) is 3.31. The molecule has 0 saturated carbocycles. The standard InChI is InChI=1S/C19H18ClNO6S/c1-13(22)26-18-8-5-15(11-19(18)27-14(2)23)9-10-28(24,25)21-12-16-3-6-17(20)7-4-16/h3-11,21H,12H2,1-2H3/b10-9+. The molecule has 9 heteroatoms. The van der Waals surface area contributed by atoms with Crippen LogP contribution in [-0.4, -0.2) is 20.4 Å². The molecule has 0 amide bonds. The summed E-state index contributed by atoms with van der Waals surface area (Å²) in [4.78, 5) is 22.4. The van der Waals surface area contributed by atoms with E-state index in [1.54, 1.807) is 24.3 Å². The van der Waals surface area contributed by atoms with Gasteiger partial charge >= 0.3 is 11.9 Å². The Morgan fingerprint density at radius 1 is 1.00 bits per heavy atom. The van der Waals surface area contributed by atoms with Crippen LogP contribution in [0.1, 0.15) is 25.0 Å². The van der Waals surface area contributed by atoms with Gasteiger partial charge in [0.25, 0.3) is 0 Å². The quantitative estimate of drug-likeness (QED) is 0.542. The summed E-state index contributed by atoms with van der Waals surface area (Å²) < 4.78 is 36.7. The van der Waals surface area contributed by atoms with Crippen LogP contribution in [0.2, 0.25) is 5.02 Å². The van der Waals surface area contributed by atoms with E-state index >= 15 is 0 Å². The normalized spacial score (nSPS) is 11.4. The van der Waals surface area contributed by atoms with Gasteiger partial charge in [0.15, 0.2) is 11.5 Å². The van der Waals surface area contributed by atoms with Gasteiger partial charge < -0.3 is 9.47 Å². The second-order valence-electron chi connectivity index (χ2n) is 5.69. The average Bonchev–Trinajstić information content (AvgIpc) is 2.61. The van der Waals surface area contributed by atoms with Crippen molar-refractivity contribution in [3.05, 3.63) is 64.0 Å². The SMILES string of the molecule is CC(=O)Oc1ccc(/C=C/S(=O)(=O)NCc2ccc(Cl)cc2)cc1OC(C)=O. The monoisotopic (exact) mass is 423 g/mol. The molecule has 0 heterocycles. The second-order valence-corrected chi connectivity index (χ2v) is 7.78. The molecular weight excluding hydrogens is 406 g/mol. The first-order chi connectivity index (χ1) is 13.1. The number of carbonyl (C=O) groups is 2. The van der Waals surface area contributed by atoms with Gasteiger partial charge in [0, 0.05) is 30.8 Å². The molecule has 0 atom stereocenters. The molecule has 1 N–H and O–H groups in total. The van der Waals surface area contributed by atoms with Gasteiger partial charge in [-0.3, -0.25) is 9.59 Å². The molecule has 0 radical (unpaired) electrons. The molecule has 2 aromatic rings. The van der Waals surface area contributed by atoms with Gasteiger partial charge in [0.2, 0.25) is 10.0 Å². The predicted molar refractivity (Wildman–Crippen MR) is 105 cm³/mol. The lowest BCUT2D eigenvalue weighted by Gasteiger charge is -2.09. The van der Waals surface area contributed by atoms with Crippen molar-refractivity contribution in [3.63, 3.8) is 0 Å². The highest BCUT2D eigenvalue weighted by atomic mass is 35.5. The summed E-state index contributed by atoms with van der Waals surface area (Å²) >= 11 is 5.79. The molecule has 0 aromatic heterocycles. The molecule has 2 aromatic carbocycles. The predicted octanol–water partition coefficient (Wildman–Crippen LogP) is 3.28. The first kappa shape index (κ1) is 21.6. The number of carbonyl (C=O) groups excluding carboxylic acids is 2. The van der Waals surface area contributed by atoms with Gasteiger partial charge in [-0.15, -0.1) is 0 Å². The summed E-state index contributed by atoms with van der Waals surface area (Å²) in [7, 11) is -3.71. The Labute approximate surface area is 168 Å². The number of nitrogens with one attached hydrogen (secondary N) is 1. The number of hydrogen-bond acceptors (Lipinski definition) is 6. The Bertz CT molecular complexity index is 1000. The largest absolute Gasteiger partial charge is 0.423 e. The molecule has 0 spiro atoms. The lowest BCUT2D eigenvalue weighted by molar-refractivity contribution is -0.134. The van der Waals surface area contributed by atoms with Gasteiger partial charge in [-0.2, -0.15) is 0 Å². The molecule has 0 aliphatic rings. The third kappa shape index (κ3) is 7.15. The highest BCUT2D eigenvalue weighted by molar-refractivity contribution is 7.92. The van der Waals surface area contributed by atoms with Crippen LogP contribution in [-0.2, 0) is 26.2 Å². The fraction of sp³-hybridized carbons (Fsp3) is 0.158. The van der Waals surface area contributed by atoms with Crippen molar-refractivity contribution in [1.82, 2.24) is 4.72 Å². The van der Waals surface area contributed by atoms with Crippen LogP contribution in [0.3, 0.4) is 0 Å². The van der Waals surface area contributed by atoms with Crippen molar-refractivity contribution >= 4 is 39.6 Å². The second kappa shape index (κ2) is 9.50. The van der Waals surface area contributed by atoms with Crippen molar-refractivity contribution in [2.45, 2.75) is 20.4 Å². The first-order valence-electron chi connectivity index (χ1n) is 8.08. The van der Waals surface area contributed by atoms with Crippen molar-refractivity contribution in [1.29, 1.82) is 0 Å². The number of sulfonamides is 1. The summed E-state index contributed by atoms with van der Waals surface area (Å²) in [6.45, 7) is 2.52. The van der Waals surface area contributed by atoms with E-state index in [1.165, 1.54) is 38.1 Å². The fourth-order valence-corrected chi connectivity index (χ4v) is 3.03. The lowest BCUT2D eigenvalue weighted by Crippen LogP contribution is -2.20. The fourth-order valence-electron chi connectivity index (χ4n) is 2.10. The van der Waals surface area contributed by atoms with Gasteiger partial charge in [0.05, 0.1) is 0 Å². The van der Waals surface area contributed by atoms with Crippen LogP contribution in [0, 0.1) is 0 Å². The number of benzene rings is 2. The molecule has 0 unspecified atom stereocenters. The number of halogens is 1. The van der Waals surface area contributed by atoms with Crippen LogP contribution in [0.4, 0.5) is 0 Å². The Balaban J connectivity index is 2.13. The number of rotatable bonds is 7. The van der Waals surface area contributed by atoms with Crippen LogP contribution in [0.15, 0.2) is 47.9 Å². The van der Waals surface area contributed by atoms with E-state index in [2.05, 4.69) is 4.72 Å². The number of esters is 2. The Kier molecular flexibility index (Phi) is 7.33. The van der Waals surface area contributed by atoms with Crippen LogP contribution in [0.25, 0.3) is 6.08 Å². The van der Waals surface area contributed by atoms with E-state index in [0.29, 0.717) is 10.6 Å². The zero-order valence-electron chi connectivity index (χ0n) is 15.1. The van der Waals surface area contributed by atoms with E-state index < -0.39 is 22.0 Å². The van der Waals surface area contributed by atoms with Crippen LogP contribution >= 0.6 is 11.6 Å². The number of hydrogen-bond donors (Lipinski definition) is 1. The zero-order valence-corrected chi connectivity index (χ0v) is 16.7. The van der Waals surface area contributed by atoms with E-state index in [1.807, 2.05) is 0 Å². The van der Waals surface area contributed by atoms with Gasteiger partial charge in [-0.25, -0.2) is 13.1 Å². The average molecular weight is 424 g/mol. The minimum atomic E-state index is -3.71. The molecule has 7 nitrogen and oxygen atoms in total. The molecule has 0 saturated heterocycles. The zero-order chi connectivity index (χ0) is 20.7. The molecule has 0 aliphatic carbocycles. The summed E-state index contributed by atoms with van der Waals surface area (Å²) in [5.74, 6) is -1.11. The maximum atomic E-state index is 12.1. The minimum absolute atomic E-state index is 0.0105. The summed E-state index contributed by atoms with van der Waals surface area (Å²) in [6.07, 6.45) is 1.33. The van der Waals surface area contributed by atoms with Crippen molar-refractivity contribution in [2.24, 2.45) is 0 Å². The third-order valence-corrected chi connectivity index (χ3v) is 4.60. The van der Waals surface area contributed by atoms with E-state index in [0.717, 1.165) is 11.0 Å². The lowest BCUT2D eigenvalue weighted by atomic mass is 10.2. The Hall–Kier alpha value is -2.68. The molecule has 28 heavy (non-hydrogen) atoms. The Morgan fingerprint density at radius 2 is 1.61 bits per heavy atom. The minimum Gasteiger partial charge on any atom is -0.423 e. The molecule has 148 valence electrons. The molecule has 2 rings (SSSR count). The maximum absolute atomic E-state index is 12.1. The summed E-state index contributed by atoms with van der Waals surface area (Å²) in [6, 6.07) is 11.1. The molecule has 0 bridgehead atoms. The van der Waals surface area contributed by atoms with Crippen molar-refractivity contribution in [2.75, 3.05) is 0 Å². The van der Waals surface area contributed by atoms with E-state index in [4.69, 9.17) is 21.1 Å². The highest BCUT2D eigenvalue weighted by Crippen LogP contribution is 2.29. The topological polar surface area (TPSA) is 98.8 Å². The van der Waals surface area contributed by atoms with Crippen molar-refractivity contribution in [3.8, 4) is 11.5 Å². The van der Waals surface area contributed by atoms with E-state index in [9.17, 15) is 18.0 Å². The Morgan fingerprint density at radius 3 is 2.21 bits per heavy atom. The van der Waals surface area contributed by atoms with Crippen molar-refractivity contribution < 1.29 is 27.5 Å². The van der Waals surface area contributed by atoms with Gasteiger partial charge in [-0.05, 0) is 41.5 Å². The summed E-state index contributed by atoms with van der Waals surface area (Å²) in [5, 5.41) is 1.55. The van der Waals surface area contributed by atoms with E-state index in [-0.39, 0.29) is 18.0 Å². The summed E-state index contributed by atoms with van der Waals surface area (Å²) in [5.41, 5.74) is 1.19. The van der Waals surface area contributed by atoms with Crippen LogP contribution in [0.5, 0.6) is 11.5 Å². The smallest absolute Gasteiger partial charge is 0.308 e. The highest BCUT2D eigenvalue weighted by Gasteiger charge is 2.11. The van der Waals surface area contributed by atoms with Gasteiger partial charge in [-0.1, -0.05) is 29.8 Å². The molecular formula is C19H18ClNO6S. The number of ether oxygens (including phenoxy) is 2. The van der Waals surface area contributed by atoms with Crippen LogP contribution < -0.4 is 14.2 Å². The first-order valence-corrected chi connectivity index (χ1v) is 10.00. The molecule has 0 fully saturated rings.